The van der Waals surface area contributed by atoms with Crippen LogP contribution in [0.25, 0.3) is 0 Å². The molecule has 0 spiro atoms. The van der Waals surface area contributed by atoms with Crippen molar-refractivity contribution >= 4 is 5.97 Å². The topological polar surface area (TPSA) is 149 Å². The Kier molecular flexibility index (Phi) is 12.1. The molecule has 0 radical (unpaired) electrons. The molecule has 0 aromatic rings. The molecule has 2 rings (SSSR count). The molecule has 1 aliphatic heterocycles. The van der Waals surface area contributed by atoms with Gasteiger partial charge in [-0.05, 0) is 26.2 Å². The largest absolute Gasteiger partial charge is 1.00 e. The fourth-order valence-corrected chi connectivity index (χ4v) is 3.77. The van der Waals surface area contributed by atoms with Crippen LogP contribution in [-0.2, 0) is 19.0 Å². The average molecular weight is 428 g/mol. The van der Waals surface area contributed by atoms with E-state index in [1.807, 2.05) is 0 Å². The molecule has 164 valence electrons. The Balaban J connectivity index is 0.00000420. The number of aliphatic hydroxyl groups is 4. The summed E-state index contributed by atoms with van der Waals surface area (Å²) in [5, 5.41) is 51.7. The van der Waals surface area contributed by atoms with E-state index in [1.165, 1.54) is 6.92 Å². The van der Waals surface area contributed by atoms with Crippen LogP contribution in [0.4, 0.5) is 0 Å². The first-order valence-electron chi connectivity index (χ1n) is 10.1. The van der Waals surface area contributed by atoms with Gasteiger partial charge in [-0.25, -0.2) is 0 Å². The Bertz CT molecular complexity index is 484. The Hall–Kier alpha value is 0.190. The number of aliphatic carboxylic acids is 1. The summed E-state index contributed by atoms with van der Waals surface area (Å²) in [6.07, 6.45) is -4.34. The zero-order valence-corrected chi connectivity index (χ0v) is 19.5. The molecule has 1 saturated heterocycles. The Morgan fingerprint density at radius 1 is 1.14 bits per heavy atom. The van der Waals surface area contributed by atoms with Gasteiger partial charge >= 0.3 is 29.6 Å². The maximum absolute atomic E-state index is 11.6. The SMILES string of the molecule is C[C@H](O)[C@@H](C)O[C@H]1O[C@H](CO)[C@H](O)[C@H](O[C@@H](CC2CCCCC2)C(=O)[O-])[C@@H]1O.[Na+]. The van der Waals surface area contributed by atoms with Crippen molar-refractivity contribution in [1.29, 1.82) is 0 Å². The average Bonchev–Trinajstić information content (AvgIpc) is 2.66. The molecular weight excluding hydrogens is 395 g/mol. The molecule has 8 atom stereocenters. The molecule has 1 saturated carbocycles. The summed E-state index contributed by atoms with van der Waals surface area (Å²) in [6.45, 7) is 2.50. The molecule has 1 aliphatic carbocycles. The minimum atomic E-state index is -1.51. The van der Waals surface area contributed by atoms with Gasteiger partial charge in [0.25, 0.3) is 0 Å². The summed E-state index contributed by atoms with van der Waals surface area (Å²) in [7, 11) is 0. The molecule has 1 heterocycles. The summed E-state index contributed by atoms with van der Waals surface area (Å²) in [4.78, 5) is 11.6. The van der Waals surface area contributed by atoms with Gasteiger partial charge in [0.15, 0.2) is 6.29 Å². The van der Waals surface area contributed by atoms with Crippen LogP contribution in [0.3, 0.4) is 0 Å². The van der Waals surface area contributed by atoms with Crippen molar-refractivity contribution in [2.75, 3.05) is 6.61 Å². The second kappa shape index (κ2) is 12.9. The van der Waals surface area contributed by atoms with Gasteiger partial charge in [-0.1, -0.05) is 32.1 Å². The number of carboxylic acid groups (broad SMARTS) is 1. The number of ether oxygens (including phenoxy) is 3. The molecule has 4 N–H and O–H groups in total. The maximum Gasteiger partial charge on any atom is 1.00 e. The Morgan fingerprint density at radius 2 is 1.76 bits per heavy atom. The van der Waals surface area contributed by atoms with Crippen LogP contribution < -0.4 is 34.7 Å². The predicted octanol–water partition coefficient (Wildman–Crippen LogP) is -4.31. The van der Waals surface area contributed by atoms with Crippen molar-refractivity contribution in [3.63, 3.8) is 0 Å². The zero-order chi connectivity index (χ0) is 20.8. The number of carbonyl (C=O) groups is 1. The minimum Gasteiger partial charge on any atom is -0.547 e. The molecule has 10 heteroatoms. The van der Waals surface area contributed by atoms with Crippen LogP contribution in [0.1, 0.15) is 52.4 Å². The normalized spacial score (nSPS) is 34.1. The second-order valence-electron chi connectivity index (χ2n) is 7.94. The smallest absolute Gasteiger partial charge is 0.547 e. The van der Waals surface area contributed by atoms with Gasteiger partial charge in [0.1, 0.15) is 24.4 Å². The first-order valence-corrected chi connectivity index (χ1v) is 10.1. The summed E-state index contributed by atoms with van der Waals surface area (Å²) < 4.78 is 16.4. The third kappa shape index (κ3) is 7.68. The van der Waals surface area contributed by atoms with Crippen molar-refractivity contribution in [1.82, 2.24) is 0 Å². The van der Waals surface area contributed by atoms with E-state index in [-0.39, 0.29) is 41.9 Å². The van der Waals surface area contributed by atoms with Gasteiger partial charge in [0.05, 0.1) is 30.9 Å². The van der Waals surface area contributed by atoms with Crippen molar-refractivity contribution < 1.29 is 74.1 Å². The van der Waals surface area contributed by atoms with Crippen molar-refractivity contribution in [3.05, 3.63) is 0 Å². The molecule has 2 aliphatic rings. The van der Waals surface area contributed by atoms with Crippen LogP contribution in [0, 0.1) is 5.92 Å². The van der Waals surface area contributed by atoms with Gasteiger partial charge in [0, 0.05) is 0 Å². The van der Waals surface area contributed by atoms with E-state index in [9.17, 15) is 30.3 Å². The monoisotopic (exact) mass is 428 g/mol. The van der Waals surface area contributed by atoms with Gasteiger partial charge < -0.3 is 44.5 Å². The molecule has 9 nitrogen and oxygen atoms in total. The predicted molar refractivity (Wildman–Crippen MR) is 94.8 cm³/mol. The summed E-state index contributed by atoms with van der Waals surface area (Å²) in [6, 6.07) is 0. The Morgan fingerprint density at radius 3 is 2.28 bits per heavy atom. The number of hydrogen-bond donors (Lipinski definition) is 4. The van der Waals surface area contributed by atoms with E-state index in [0.717, 1.165) is 32.1 Å². The molecule has 0 unspecified atom stereocenters. The van der Waals surface area contributed by atoms with E-state index >= 15 is 0 Å². The van der Waals surface area contributed by atoms with E-state index in [0.29, 0.717) is 0 Å². The van der Waals surface area contributed by atoms with Gasteiger partial charge in [0.2, 0.25) is 0 Å². The fourth-order valence-electron chi connectivity index (χ4n) is 3.77. The standard InChI is InChI=1S/C19H34O9.Na/c1-10(21)11(2)26-19-16(23)17(15(22)14(9-20)28-19)27-13(18(24)25)8-12-6-4-3-5-7-12;/h10-17,19-23H,3-9H2,1-2H3,(H,24,25);/q;+1/p-1/t10-,11+,13-,14+,15-,16-,17-,19-;/m0./s1. The Labute approximate surface area is 193 Å². The molecule has 0 aromatic heterocycles. The molecule has 0 aromatic carbocycles. The second-order valence-corrected chi connectivity index (χ2v) is 7.94. The first-order chi connectivity index (χ1) is 13.2. The summed E-state index contributed by atoms with van der Waals surface area (Å²) >= 11 is 0. The number of aliphatic hydroxyl groups excluding tert-OH is 4. The quantitative estimate of drug-likeness (QED) is 0.268. The number of carbonyl (C=O) groups excluding carboxylic acids is 1. The van der Waals surface area contributed by atoms with E-state index < -0.39 is 61.6 Å². The minimum absolute atomic E-state index is 0. The van der Waals surface area contributed by atoms with Crippen molar-refractivity contribution in [2.45, 2.75) is 101 Å². The molecular formula is C19H33NaO9. The maximum atomic E-state index is 11.6. The number of carboxylic acids is 1. The van der Waals surface area contributed by atoms with Crippen LogP contribution >= 0.6 is 0 Å². The molecule has 29 heavy (non-hydrogen) atoms. The van der Waals surface area contributed by atoms with Crippen LogP contribution in [0.15, 0.2) is 0 Å². The van der Waals surface area contributed by atoms with Gasteiger partial charge in [-0.15, -0.1) is 0 Å². The zero-order valence-electron chi connectivity index (χ0n) is 17.5. The van der Waals surface area contributed by atoms with Crippen LogP contribution in [-0.4, -0.2) is 82.0 Å². The van der Waals surface area contributed by atoms with Crippen LogP contribution in [0.2, 0.25) is 0 Å². The summed E-state index contributed by atoms with van der Waals surface area (Å²) in [5.41, 5.74) is 0. The van der Waals surface area contributed by atoms with Crippen molar-refractivity contribution in [2.24, 2.45) is 5.92 Å². The first kappa shape index (κ1) is 27.2. The van der Waals surface area contributed by atoms with Crippen molar-refractivity contribution in [3.8, 4) is 0 Å². The summed E-state index contributed by atoms with van der Waals surface area (Å²) in [5.74, 6) is -1.23. The van der Waals surface area contributed by atoms with E-state index in [1.54, 1.807) is 6.92 Å². The van der Waals surface area contributed by atoms with Gasteiger partial charge in [-0.3, -0.25) is 0 Å². The third-order valence-corrected chi connectivity index (χ3v) is 5.71. The van der Waals surface area contributed by atoms with E-state index in [2.05, 4.69) is 0 Å². The van der Waals surface area contributed by atoms with Crippen LogP contribution in [0.5, 0.6) is 0 Å². The third-order valence-electron chi connectivity index (χ3n) is 5.71. The molecule has 0 bridgehead atoms. The molecule has 2 fully saturated rings. The molecule has 0 amide bonds. The fraction of sp³-hybridized carbons (Fsp3) is 0.947. The van der Waals surface area contributed by atoms with Gasteiger partial charge in [-0.2, -0.15) is 0 Å². The number of hydrogen-bond acceptors (Lipinski definition) is 9. The van der Waals surface area contributed by atoms with E-state index in [4.69, 9.17) is 14.2 Å². The number of rotatable bonds is 9.